The number of halogens is 3. The molecule has 41 heavy (non-hydrogen) atoms. The van der Waals surface area contributed by atoms with Crippen LogP contribution in [0.4, 0.5) is 10.1 Å². The van der Waals surface area contributed by atoms with Gasteiger partial charge in [0.1, 0.15) is 17.1 Å². The van der Waals surface area contributed by atoms with Crippen molar-refractivity contribution in [2.75, 3.05) is 5.73 Å². The molecule has 224 valence electrons. The second-order valence-electron chi connectivity index (χ2n) is 8.08. The second-order valence-corrected chi connectivity index (χ2v) is 9.91. The number of aromatic amines is 1. The molecule has 0 aliphatic rings. The molecule has 7 N–H and O–H groups in total. The fourth-order valence-corrected chi connectivity index (χ4v) is 3.50. The molecule has 2 aromatic heterocycles. The molecule has 0 unspecified atom stereocenters. The van der Waals surface area contributed by atoms with Gasteiger partial charge in [-0.2, -0.15) is 0 Å². The van der Waals surface area contributed by atoms with Crippen molar-refractivity contribution in [3.63, 3.8) is 0 Å². The Morgan fingerprint density at radius 2 is 1.39 bits per heavy atom. The van der Waals surface area contributed by atoms with Crippen molar-refractivity contribution in [3.05, 3.63) is 99.0 Å². The number of fused-ring (bicyclic) bond motifs is 2. The minimum absolute atomic E-state index is 0. The molecule has 0 radical (unpaired) electrons. The Hall–Kier alpha value is -3.67. The zero-order chi connectivity index (χ0) is 28.4. The summed E-state index contributed by atoms with van der Waals surface area (Å²) in [6.07, 6.45) is 0. The standard InChI is InChI=1S/C9H6BrNO2.C9H5BrO3.C6H6FN.C3H9N.3CH4/c10-6-2-1-5-3-8(9(12)13)11-7(5)4-6;10-6-2-1-5-3-8(9(11)12)13-7(5)4-6;7-5-3-1-2-4-6(5)8;1-3(2)4;;;/h1-4,11H,(H,12,13);1-4H,(H,11,12);1-4H,8H2;3H,4H2,1-2H3;3*1H4. The Bertz CT molecular complexity index is 1420. The maximum absolute atomic E-state index is 12.2. The number of benzene rings is 3. The number of para-hydroxylation sites is 1. The van der Waals surface area contributed by atoms with Gasteiger partial charge in [-0.3, -0.25) is 0 Å². The minimum Gasteiger partial charge on any atom is -0.477 e. The number of H-pyrrole nitrogens is 1. The minimum atomic E-state index is -1.05. The highest BCUT2D eigenvalue weighted by atomic mass is 79.9. The van der Waals surface area contributed by atoms with Crippen LogP contribution in [0.25, 0.3) is 21.9 Å². The Labute approximate surface area is 256 Å². The van der Waals surface area contributed by atoms with Gasteiger partial charge in [0.2, 0.25) is 5.76 Å². The molecule has 0 saturated heterocycles. The van der Waals surface area contributed by atoms with E-state index in [1.54, 1.807) is 30.3 Å². The van der Waals surface area contributed by atoms with Crippen molar-refractivity contribution in [3.8, 4) is 0 Å². The number of furan rings is 1. The van der Waals surface area contributed by atoms with Crippen molar-refractivity contribution < 1.29 is 28.6 Å². The fraction of sp³-hybridized carbons (Fsp3) is 0.200. The van der Waals surface area contributed by atoms with Crippen LogP contribution in [0.2, 0.25) is 0 Å². The van der Waals surface area contributed by atoms with Gasteiger partial charge < -0.3 is 31.1 Å². The lowest BCUT2D eigenvalue weighted by atomic mass is 10.2. The van der Waals surface area contributed by atoms with E-state index < -0.39 is 11.9 Å². The number of rotatable bonds is 2. The first-order valence-electron chi connectivity index (χ1n) is 11.1. The molecule has 0 aliphatic carbocycles. The molecule has 0 atom stereocenters. The van der Waals surface area contributed by atoms with Crippen molar-refractivity contribution >= 4 is 71.4 Å². The SMILES string of the molecule is C.C.C.CC(C)N.Nc1ccccc1F.O=C(O)c1cc2ccc(Br)cc2[nH]1.O=C(O)c1cc2ccc(Br)cc2o1. The third-order valence-corrected chi connectivity index (χ3v) is 5.40. The van der Waals surface area contributed by atoms with Crippen LogP contribution in [-0.4, -0.2) is 33.2 Å². The number of nitrogen functional groups attached to an aromatic ring is 1. The maximum atomic E-state index is 12.2. The number of hydrogen-bond acceptors (Lipinski definition) is 5. The van der Waals surface area contributed by atoms with E-state index in [0.717, 1.165) is 25.2 Å². The molecule has 8 nitrogen and oxygen atoms in total. The summed E-state index contributed by atoms with van der Waals surface area (Å²) in [5.41, 5.74) is 12.1. The normalized spacial score (nSPS) is 9.34. The number of nitrogens with one attached hydrogen (secondary N) is 1. The first-order chi connectivity index (χ1) is 17.9. The van der Waals surface area contributed by atoms with Gasteiger partial charge in [0, 0.05) is 25.2 Å². The summed E-state index contributed by atoms with van der Waals surface area (Å²) in [6, 6.07) is 20.6. The zero-order valence-corrected chi connectivity index (χ0v) is 23.6. The summed E-state index contributed by atoms with van der Waals surface area (Å²) in [6.45, 7) is 3.89. The molecule has 11 heteroatoms. The van der Waals surface area contributed by atoms with E-state index in [1.165, 1.54) is 18.2 Å². The number of aromatic nitrogens is 1. The molecule has 2 heterocycles. The quantitative estimate of drug-likeness (QED) is 0.115. The highest BCUT2D eigenvalue weighted by molar-refractivity contribution is 9.10. The van der Waals surface area contributed by atoms with Crippen LogP contribution >= 0.6 is 31.9 Å². The lowest BCUT2D eigenvalue weighted by molar-refractivity contribution is 0.0661. The van der Waals surface area contributed by atoms with Gasteiger partial charge in [-0.1, -0.05) is 86.2 Å². The van der Waals surface area contributed by atoms with Crippen LogP contribution in [0.3, 0.4) is 0 Å². The molecule has 3 aromatic carbocycles. The number of carboxylic acid groups (broad SMARTS) is 2. The predicted molar refractivity (Wildman–Crippen MR) is 174 cm³/mol. The average Bonchev–Trinajstić information content (AvgIpc) is 3.45. The molecule has 5 rings (SSSR count). The van der Waals surface area contributed by atoms with E-state index in [2.05, 4.69) is 36.8 Å². The number of nitrogens with two attached hydrogens (primary N) is 2. The summed E-state index contributed by atoms with van der Waals surface area (Å²) in [7, 11) is 0. The van der Waals surface area contributed by atoms with Gasteiger partial charge >= 0.3 is 11.9 Å². The number of aromatic carboxylic acids is 2. The maximum Gasteiger partial charge on any atom is 0.371 e. The monoisotopic (exact) mass is 697 g/mol. The molecule has 0 saturated carbocycles. The molecule has 0 aliphatic heterocycles. The summed E-state index contributed by atoms with van der Waals surface area (Å²) in [5, 5.41) is 19.1. The zero-order valence-electron chi connectivity index (χ0n) is 20.4. The average molecular weight is 699 g/mol. The van der Waals surface area contributed by atoms with Crippen molar-refractivity contribution in [1.29, 1.82) is 0 Å². The van der Waals surface area contributed by atoms with Crippen molar-refractivity contribution in [1.82, 2.24) is 4.98 Å². The topological polar surface area (TPSA) is 156 Å². The van der Waals surface area contributed by atoms with Crippen molar-refractivity contribution in [2.45, 2.75) is 42.2 Å². The molecule has 5 aromatic rings. The Morgan fingerprint density at radius 1 is 0.854 bits per heavy atom. The summed E-state index contributed by atoms with van der Waals surface area (Å²) in [4.78, 5) is 24.0. The van der Waals surface area contributed by atoms with Gasteiger partial charge in [0.05, 0.1) is 5.69 Å². The molecule has 0 bridgehead atoms. The molecular weight excluding hydrogens is 661 g/mol. The van der Waals surface area contributed by atoms with Gasteiger partial charge in [-0.25, -0.2) is 14.0 Å². The first-order valence-corrected chi connectivity index (χ1v) is 12.7. The van der Waals surface area contributed by atoms with E-state index in [-0.39, 0.29) is 45.2 Å². The predicted octanol–water partition coefficient (Wildman–Crippen LogP) is 9.19. The number of anilines is 1. The molecule has 0 fully saturated rings. The lowest BCUT2D eigenvalue weighted by Crippen LogP contribution is -2.06. The van der Waals surface area contributed by atoms with Gasteiger partial charge in [0.15, 0.2) is 0 Å². The molecule has 0 amide bonds. The Kier molecular flexibility index (Phi) is 17.9. The van der Waals surface area contributed by atoms with E-state index >= 15 is 0 Å². The van der Waals surface area contributed by atoms with Gasteiger partial charge in [-0.15, -0.1) is 0 Å². The molecular formula is C30H38Br2FN3O5. The third kappa shape index (κ3) is 13.0. The van der Waals surface area contributed by atoms with Crippen LogP contribution in [0.1, 0.15) is 57.2 Å². The van der Waals surface area contributed by atoms with E-state index in [1.807, 2.05) is 38.1 Å². The summed E-state index contributed by atoms with van der Waals surface area (Å²) in [5.74, 6) is -2.37. The number of carbonyl (C=O) groups is 2. The van der Waals surface area contributed by atoms with E-state index in [0.29, 0.717) is 11.6 Å². The second kappa shape index (κ2) is 18.6. The largest absolute Gasteiger partial charge is 0.477 e. The van der Waals surface area contributed by atoms with Crippen LogP contribution < -0.4 is 11.5 Å². The Morgan fingerprint density at radius 3 is 1.88 bits per heavy atom. The van der Waals surface area contributed by atoms with E-state index in [9.17, 15) is 14.0 Å². The van der Waals surface area contributed by atoms with Crippen LogP contribution in [-0.2, 0) is 0 Å². The van der Waals surface area contributed by atoms with Crippen LogP contribution in [0.5, 0.6) is 0 Å². The van der Waals surface area contributed by atoms with Gasteiger partial charge in [0.25, 0.3) is 0 Å². The summed E-state index contributed by atoms with van der Waals surface area (Å²) >= 11 is 6.58. The lowest BCUT2D eigenvalue weighted by Gasteiger charge is -1.89. The van der Waals surface area contributed by atoms with Crippen LogP contribution in [0.15, 0.2) is 86.2 Å². The number of hydrogen-bond donors (Lipinski definition) is 5. The smallest absolute Gasteiger partial charge is 0.371 e. The first kappa shape index (κ1) is 39.5. The van der Waals surface area contributed by atoms with Crippen LogP contribution in [0, 0.1) is 5.82 Å². The molecule has 0 spiro atoms. The highest BCUT2D eigenvalue weighted by Gasteiger charge is 2.10. The fourth-order valence-electron chi connectivity index (χ4n) is 2.80. The number of carboxylic acids is 2. The highest BCUT2D eigenvalue weighted by Crippen LogP contribution is 2.23. The summed E-state index contributed by atoms with van der Waals surface area (Å²) < 4.78 is 19.1. The van der Waals surface area contributed by atoms with E-state index in [4.69, 9.17) is 26.1 Å². The Balaban J connectivity index is 0. The van der Waals surface area contributed by atoms with Crippen molar-refractivity contribution in [2.24, 2.45) is 5.73 Å². The third-order valence-electron chi connectivity index (χ3n) is 4.41. The van der Waals surface area contributed by atoms with Gasteiger partial charge in [-0.05, 0) is 60.6 Å².